The average Bonchev–Trinajstić information content (AvgIpc) is 2.65. The van der Waals surface area contributed by atoms with E-state index in [0.717, 1.165) is 50.1 Å². The third-order valence-electron chi connectivity index (χ3n) is 5.13. The number of anilines is 2. The van der Waals surface area contributed by atoms with E-state index in [1.807, 2.05) is 24.3 Å². The summed E-state index contributed by atoms with van der Waals surface area (Å²) in [6.45, 7) is 3.17. The van der Waals surface area contributed by atoms with Crippen LogP contribution in [0, 0.1) is 0 Å². The fourth-order valence-electron chi connectivity index (χ4n) is 3.52. The maximum absolute atomic E-state index is 12.3. The van der Waals surface area contributed by atoms with Crippen LogP contribution in [0.3, 0.4) is 0 Å². The molecule has 0 aliphatic carbocycles. The fraction of sp³-hybridized carbons (Fsp3) is 0.636. The van der Waals surface area contributed by atoms with Crippen LogP contribution in [0.4, 0.5) is 11.4 Å². The number of carbonyl (C=O) groups is 2. The number of nitrogens with one attached hydrogen (secondary N) is 2. The van der Waals surface area contributed by atoms with Gasteiger partial charge in [0.25, 0.3) is 0 Å². The normalized spacial score (nSPS) is 14.4. The van der Waals surface area contributed by atoms with Gasteiger partial charge in [-0.05, 0) is 69.6 Å². The Hall–Kier alpha value is -1.34. The molecule has 1 saturated heterocycles. The van der Waals surface area contributed by atoms with Gasteiger partial charge in [0.15, 0.2) is 0 Å². The topological polar surface area (TPSA) is 87.5 Å². The van der Waals surface area contributed by atoms with Gasteiger partial charge in [-0.3, -0.25) is 14.5 Å². The predicted octanol–water partition coefficient (Wildman–Crippen LogP) is 4.58. The van der Waals surface area contributed by atoms with Crippen molar-refractivity contribution in [3.05, 3.63) is 24.3 Å². The molecule has 6 nitrogen and oxygen atoms in total. The minimum Gasteiger partial charge on any atom is -0.330 e. The van der Waals surface area contributed by atoms with Gasteiger partial charge in [0.1, 0.15) is 0 Å². The Morgan fingerprint density at radius 1 is 0.767 bits per heavy atom. The number of nitrogens with zero attached hydrogens (tertiary/aromatic N) is 1. The molecule has 0 saturated carbocycles. The van der Waals surface area contributed by atoms with E-state index in [1.165, 1.54) is 32.1 Å². The smallest absolute Gasteiger partial charge is 0.238 e. The fourth-order valence-corrected chi connectivity index (χ4v) is 3.52. The Labute approximate surface area is 193 Å². The monoisotopic (exact) mass is 460 g/mol. The highest BCUT2D eigenvalue weighted by Gasteiger charge is 2.12. The molecule has 1 aliphatic rings. The van der Waals surface area contributed by atoms with Crippen molar-refractivity contribution >= 4 is 48.0 Å². The molecule has 0 spiro atoms. The van der Waals surface area contributed by atoms with E-state index < -0.39 is 0 Å². The number of carbonyl (C=O) groups excluding carboxylic acids is 2. The van der Waals surface area contributed by atoms with Crippen molar-refractivity contribution in [2.45, 2.75) is 64.2 Å². The van der Waals surface area contributed by atoms with Crippen LogP contribution in [-0.4, -0.2) is 42.9 Å². The molecule has 0 aromatic heterocycles. The first-order chi connectivity index (χ1) is 13.7. The zero-order chi connectivity index (χ0) is 20.0. The zero-order valence-corrected chi connectivity index (χ0v) is 19.5. The molecule has 1 aliphatic heterocycles. The zero-order valence-electron chi connectivity index (χ0n) is 17.9. The second kappa shape index (κ2) is 17.4. The Bertz CT molecular complexity index is 591. The van der Waals surface area contributed by atoms with Crippen LogP contribution in [0.1, 0.15) is 64.2 Å². The molecule has 172 valence electrons. The lowest BCUT2D eigenvalue weighted by Crippen LogP contribution is -2.35. The van der Waals surface area contributed by atoms with Crippen LogP contribution in [-0.2, 0) is 9.59 Å². The molecule has 0 unspecified atom stereocenters. The maximum Gasteiger partial charge on any atom is 0.238 e. The van der Waals surface area contributed by atoms with Gasteiger partial charge >= 0.3 is 0 Å². The van der Waals surface area contributed by atoms with Gasteiger partial charge in [-0.2, -0.15) is 0 Å². The van der Waals surface area contributed by atoms with Crippen LogP contribution in [0.2, 0.25) is 0 Å². The summed E-state index contributed by atoms with van der Waals surface area (Å²) in [5.41, 5.74) is 6.98. The minimum absolute atomic E-state index is 0. The molecule has 8 heteroatoms. The Balaban J connectivity index is 0.00000420. The largest absolute Gasteiger partial charge is 0.330 e. The third kappa shape index (κ3) is 12.4. The van der Waals surface area contributed by atoms with Gasteiger partial charge in [0.05, 0.1) is 6.54 Å². The van der Waals surface area contributed by atoms with Crippen LogP contribution >= 0.6 is 24.8 Å². The minimum atomic E-state index is 0. The standard InChI is InChI=1S/C22H36N4O2.2ClH/c23-15-7-3-2-6-10-21(27)24-19-11-13-20(14-12-19)25-22(28)18-26-16-8-4-1-5-9-17-26;;/h11-14H,1-10,15-18,23H2,(H,24,27)(H,25,28);2*1H. The van der Waals surface area contributed by atoms with E-state index in [9.17, 15) is 9.59 Å². The third-order valence-corrected chi connectivity index (χ3v) is 5.13. The van der Waals surface area contributed by atoms with Crippen LogP contribution in [0.5, 0.6) is 0 Å². The summed E-state index contributed by atoms with van der Waals surface area (Å²) < 4.78 is 0. The lowest BCUT2D eigenvalue weighted by Gasteiger charge is -2.23. The number of benzene rings is 1. The van der Waals surface area contributed by atoms with Crippen molar-refractivity contribution in [2.24, 2.45) is 5.73 Å². The van der Waals surface area contributed by atoms with Gasteiger partial charge in [-0.1, -0.05) is 32.1 Å². The molecular weight excluding hydrogens is 423 g/mol. The van der Waals surface area contributed by atoms with Crippen LogP contribution in [0.15, 0.2) is 24.3 Å². The number of likely N-dealkylation sites (tertiary alicyclic amines) is 1. The Morgan fingerprint density at radius 3 is 1.83 bits per heavy atom. The summed E-state index contributed by atoms with van der Waals surface area (Å²) in [6, 6.07) is 7.33. The number of nitrogens with two attached hydrogens (primary N) is 1. The predicted molar refractivity (Wildman–Crippen MR) is 130 cm³/mol. The molecule has 0 atom stereocenters. The molecule has 4 N–H and O–H groups in total. The summed E-state index contributed by atoms with van der Waals surface area (Å²) >= 11 is 0. The van der Waals surface area contributed by atoms with E-state index in [0.29, 0.717) is 19.5 Å². The first kappa shape index (κ1) is 28.7. The second-order valence-corrected chi connectivity index (χ2v) is 7.67. The van der Waals surface area contributed by atoms with Crippen LogP contribution < -0.4 is 16.4 Å². The first-order valence-corrected chi connectivity index (χ1v) is 10.8. The molecule has 1 fully saturated rings. The molecule has 2 amide bonds. The van der Waals surface area contributed by atoms with Crippen molar-refractivity contribution in [1.29, 1.82) is 0 Å². The maximum atomic E-state index is 12.3. The SMILES string of the molecule is Cl.Cl.NCCCCCCC(=O)Nc1ccc(NC(=O)CN2CCCCCCC2)cc1. The highest BCUT2D eigenvalue weighted by Crippen LogP contribution is 2.15. The lowest BCUT2D eigenvalue weighted by molar-refractivity contribution is -0.117. The van der Waals surface area contributed by atoms with E-state index >= 15 is 0 Å². The molecule has 1 aromatic rings. The van der Waals surface area contributed by atoms with Gasteiger partial charge in [0.2, 0.25) is 11.8 Å². The molecule has 1 aromatic carbocycles. The number of hydrogen-bond acceptors (Lipinski definition) is 4. The van der Waals surface area contributed by atoms with Crippen LogP contribution in [0.25, 0.3) is 0 Å². The summed E-state index contributed by atoms with van der Waals surface area (Å²) in [4.78, 5) is 26.5. The van der Waals surface area contributed by atoms with Gasteiger partial charge in [-0.15, -0.1) is 24.8 Å². The molecular formula is C22H38Cl2N4O2. The summed E-state index contributed by atoms with van der Waals surface area (Å²) in [6.07, 6.45) is 10.7. The van der Waals surface area contributed by atoms with Gasteiger partial charge in [-0.25, -0.2) is 0 Å². The van der Waals surface area contributed by atoms with Crippen molar-refractivity contribution in [3.8, 4) is 0 Å². The quantitative estimate of drug-likeness (QED) is 0.445. The molecule has 1 heterocycles. The van der Waals surface area contributed by atoms with E-state index in [-0.39, 0.29) is 36.6 Å². The van der Waals surface area contributed by atoms with Gasteiger partial charge in [0, 0.05) is 17.8 Å². The summed E-state index contributed by atoms with van der Waals surface area (Å²) in [7, 11) is 0. The van der Waals surface area contributed by atoms with E-state index in [1.54, 1.807) is 0 Å². The number of amides is 2. The Morgan fingerprint density at radius 2 is 1.27 bits per heavy atom. The highest BCUT2D eigenvalue weighted by atomic mass is 35.5. The molecule has 0 bridgehead atoms. The number of unbranched alkanes of at least 4 members (excludes halogenated alkanes) is 3. The number of rotatable bonds is 10. The highest BCUT2D eigenvalue weighted by molar-refractivity contribution is 5.93. The van der Waals surface area contributed by atoms with E-state index in [2.05, 4.69) is 15.5 Å². The van der Waals surface area contributed by atoms with Crippen molar-refractivity contribution in [1.82, 2.24) is 4.90 Å². The van der Waals surface area contributed by atoms with Crippen molar-refractivity contribution in [2.75, 3.05) is 36.8 Å². The molecule has 30 heavy (non-hydrogen) atoms. The second-order valence-electron chi connectivity index (χ2n) is 7.67. The molecule has 2 rings (SSSR count). The first-order valence-electron chi connectivity index (χ1n) is 10.8. The number of hydrogen-bond donors (Lipinski definition) is 3. The Kier molecular flexibility index (Phi) is 16.6. The lowest BCUT2D eigenvalue weighted by atomic mass is 10.1. The summed E-state index contributed by atoms with van der Waals surface area (Å²) in [5.74, 6) is 0.0523. The van der Waals surface area contributed by atoms with E-state index in [4.69, 9.17) is 5.73 Å². The van der Waals surface area contributed by atoms with Crippen molar-refractivity contribution in [3.63, 3.8) is 0 Å². The summed E-state index contributed by atoms with van der Waals surface area (Å²) in [5, 5.41) is 5.86. The van der Waals surface area contributed by atoms with Crippen molar-refractivity contribution < 1.29 is 9.59 Å². The average molecular weight is 461 g/mol. The van der Waals surface area contributed by atoms with Gasteiger partial charge < -0.3 is 16.4 Å². The molecule has 0 radical (unpaired) electrons. The number of halogens is 2.